The van der Waals surface area contributed by atoms with Crippen molar-refractivity contribution >= 4 is 0 Å². The summed E-state index contributed by atoms with van der Waals surface area (Å²) in [6.45, 7) is 0.277. The molecule has 0 saturated carbocycles. The minimum absolute atomic E-state index is 0.0145. The molecule has 0 heterocycles. The van der Waals surface area contributed by atoms with Gasteiger partial charge in [0.15, 0.2) is 6.19 Å². The molecule has 0 aromatic heterocycles. The molecule has 0 aliphatic rings. The zero-order valence-corrected chi connectivity index (χ0v) is 6.71. The van der Waals surface area contributed by atoms with Crippen LogP contribution in [0.2, 0.25) is 0 Å². The van der Waals surface area contributed by atoms with Crippen molar-refractivity contribution in [3.05, 3.63) is 35.1 Å². The Kier molecular flexibility index (Phi) is 2.83. The quantitative estimate of drug-likeness (QED) is 0.543. The van der Waals surface area contributed by atoms with Gasteiger partial charge in [0, 0.05) is 6.54 Å². The minimum atomic E-state index is -0.556. The third-order valence-corrected chi connectivity index (χ3v) is 1.53. The first-order chi connectivity index (χ1) is 6.27. The van der Waals surface area contributed by atoms with Gasteiger partial charge in [0.1, 0.15) is 11.9 Å². The number of benzene rings is 1. The molecule has 1 N–H and O–H groups in total. The molecule has 0 spiro atoms. The van der Waals surface area contributed by atoms with Crippen molar-refractivity contribution in [3.63, 3.8) is 0 Å². The number of nitriles is 2. The van der Waals surface area contributed by atoms with Crippen LogP contribution in [0.3, 0.4) is 0 Å². The van der Waals surface area contributed by atoms with Gasteiger partial charge in [-0.05, 0) is 17.7 Å². The highest BCUT2D eigenvalue weighted by Crippen LogP contribution is 2.08. The van der Waals surface area contributed by atoms with Gasteiger partial charge in [0.25, 0.3) is 0 Å². The van der Waals surface area contributed by atoms with E-state index in [9.17, 15) is 4.39 Å². The number of hydrogen-bond donors (Lipinski definition) is 1. The topological polar surface area (TPSA) is 59.6 Å². The van der Waals surface area contributed by atoms with Crippen LogP contribution in [0.25, 0.3) is 0 Å². The van der Waals surface area contributed by atoms with Crippen LogP contribution in [0.1, 0.15) is 11.1 Å². The predicted octanol–water partition coefficient (Wildman–Crippen LogP) is 1.27. The maximum atomic E-state index is 12.9. The summed E-state index contributed by atoms with van der Waals surface area (Å²) in [7, 11) is 0. The summed E-state index contributed by atoms with van der Waals surface area (Å²) in [5.74, 6) is -0.556. The van der Waals surface area contributed by atoms with E-state index in [1.54, 1.807) is 18.3 Å². The highest BCUT2D eigenvalue weighted by Gasteiger charge is 2.01. The summed E-state index contributed by atoms with van der Waals surface area (Å²) in [5.41, 5.74) is 0.652. The van der Waals surface area contributed by atoms with Crippen LogP contribution in [0.15, 0.2) is 18.2 Å². The molecule has 0 unspecified atom stereocenters. The van der Waals surface area contributed by atoms with E-state index < -0.39 is 5.82 Å². The minimum Gasteiger partial charge on any atom is -0.319 e. The van der Waals surface area contributed by atoms with Gasteiger partial charge in [-0.1, -0.05) is 6.07 Å². The Balaban J connectivity index is 2.86. The summed E-state index contributed by atoms with van der Waals surface area (Å²) >= 11 is 0. The number of halogens is 1. The second-order valence-corrected chi connectivity index (χ2v) is 2.39. The van der Waals surface area contributed by atoms with Gasteiger partial charge >= 0.3 is 0 Å². The lowest BCUT2D eigenvalue weighted by Gasteiger charge is -1.99. The molecular weight excluding hydrogens is 169 g/mol. The number of nitrogens with zero attached hydrogens (tertiary/aromatic N) is 2. The van der Waals surface area contributed by atoms with E-state index >= 15 is 0 Å². The SMILES string of the molecule is N#CNCc1ccc(C#N)c(F)c1. The van der Waals surface area contributed by atoms with Gasteiger partial charge in [0.2, 0.25) is 0 Å². The Morgan fingerprint density at radius 2 is 2.15 bits per heavy atom. The van der Waals surface area contributed by atoms with E-state index in [-0.39, 0.29) is 12.1 Å². The molecule has 0 aliphatic carbocycles. The summed E-state index contributed by atoms with van der Waals surface area (Å²) < 4.78 is 12.9. The first kappa shape index (κ1) is 9.02. The van der Waals surface area contributed by atoms with Crippen LogP contribution < -0.4 is 5.32 Å². The second-order valence-electron chi connectivity index (χ2n) is 2.39. The van der Waals surface area contributed by atoms with E-state index in [1.807, 2.05) is 0 Å². The molecule has 0 amide bonds. The smallest absolute Gasteiger partial charge is 0.176 e. The average molecular weight is 175 g/mol. The zero-order valence-electron chi connectivity index (χ0n) is 6.71. The highest BCUT2D eigenvalue weighted by molar-refractivity contribution is 5.33. The first-order valence-electron chi connectivity index (χ1n) is 3.58. The molecular formula is C9H6FN3. The number of nitrogens with one attached hydrogen (secondary N) is 1. The van der Waals surface area contributed by atoms with Gasteiger partial charge in [0.05, 0.1) is 5.56 Å². The van der Waals surface area contributed by atoms with Gasteiger partial charge < -0.3 is 5.32 Å². The molecule has 13 heavy (non-hydrogen) atoms. The molecule has 3 nitrogen and oxygen atoms in total. The van der Waals surface area contributed by atoms with Crippen molar-refractivity contribution in [1.82, 2.24) is 5.32 Å². The fraction of sp³-hybridized carbons (Fsp3) is 0.111. The van der Waals surface area contributed by atoms with Crippen LogP contribution in [0, 0.1) is 28.6 Å². The predicted molar refractivity (Wildman–Crippen MR) is 43.6 cm³/mol. The highest BCUT2D eigenvalue weighted by atomic mass is 19.1. The van der Waals surface area contributed by atoms with Crippen LogP contribution in [-0.4, -0.2) is 0 Å². The van der Waals surface area contributed by atoms with Crippen LogP contribution in [0.5, 0.6) is 0 Å². The Morgan fingerprint density at radius 3 is 2.69 bits per heavy atom. The molecule has 0 atom stereocenters. The standard InChI is InChI=1S/C9H6FN3/c10-9-3-7(5-13-6-12)1-2-8(9)4-11/h1-3,13H,5H2. The van der Waals surface area contributed by atoms with Crippen molar-refractivity contribution in [1.29, 1.82) is 10.5 Å². The van der Waals surface area contributed by atoms with E-state index in [0.29, 0.717) is 5.56 Å². The lowest BCUT2D eigenvalue weighted by molar-refractivity contribution is 0.620. The van der Waals surface area contributed by atoms with Crippen molar-refractivity contribution in [2.24, 2.45) is 0 Å². The second kappa shape index (κ2) is 4.08. The zero-order chi connectivity index (χ0) is 9.68. The fourth-order valence-electron chi connectivity index (χ4n) is 0.901. The van der Waals surface area contributed by atoms with E-state index in [0.717, 1.165) is 0 Å². The summed E-state index contributed by atoms with van der Waals surface area (Å²) in [6, 6.07) is 5.95. The normalized spacial score (nSPS) is 8.54. The molecule has 1 rings (SSSR count). The van der Waals surface area contributed by atoms with Gasteiger partial charge in [-0.15, -0.1) is 0 Å². The fourth-order valence-corrected chi connectivity index (χ4v) is 0.901. The van der Waals surface area contributed by atoms with Crippen LogP contribution in [-0.2, 0) is 6.54 Å². The van der Waals surface area contributed by atoms with Crippen molar-refractivity contribution < 1.29 is 4.39 Å². The van der Waals surface area contributed by atoms with Crippen molar-refractivity contribution in [2.75, 3.05) is 0 Å². The molecule has 0 radical (unpaired) electrons. The molecule has 0 saturated heterocycles. The third-order valence-electron chi connectivity index (χ3n) is 1.53. The maximum absolute atomic E-state index is 12.9. The molecule has 1 aromatic carbocycles. The van der Waals surface area contributed by atoms with E-state index in [1.165, 1.54) is 12.1 Å². The van der Waals surface area contributed by atoms with E-state index in [2.05, 4.69) is 5.32 Å². The Bertz CT molecular complexity index is 387. The van der Waals surface area contributed by atoms with Crippen molar-refractivity contribution in [3.8, 4) is 12.3 Å². The Morgan fingerprint density at radius 1 is 1.38 bits per heavy atom. The van der Waals surface area contributed by atoms with Crippen LogP contribution >= 0.6 is 0 Å². The summed E-state index contributed by atoms with van der Waals surface area (Å²) in [5, 5.41) is 19.0. The average Bonchev–Trinajstić information content (AvgIpc) is 2.15. The number of rotatable bonds is 2. The summed E-state index contributed by atoms with van der Waals surface area (Å²) in [4.78, 5) is 0. The lowest BCUT2D eigenvalue weighted by Crippen LogP contribution is -2.04. The molecule has 0 bridgehead atoms. The van der Waals surface area contributed by atoms with Gasteiger partial charge in [-0.3, -0.25) is 0 Å². The lowest BCUT2D eigenvalue weighted by atomic mass is 10.1. The molecule has 0 fully saturated rings. The Hall–Kier alpha value is -2.07. The molecule has 1 aromatic rings. The first-order valence-corrected chi connectivity index (χ1v) is 3.58. The molecule has 64 valence electrons. The monoisotopic (exact) mass is 175 g/mol. The largest absolute Gasteiger partial charge is 0.319 e. The molecule has 0 aliphatic heterocycles. The maximum Gasteiger partial charge on any atom is 0.176 e. The van der Waals surface area contributed by atoms with Crippen LogP contribution in [0.4, 0.5) is 4.39 Å². The Labute approximate surface area is 75.0 Å². The van der Waals surface area contributed by atoms with E-state index in [4.69, 9.17) is 10.5 Å². The van der Waals surface area contributed by atoms with Gasteiger partial charge in [-0.2, -0.15) is 10.5 Å². The number of hydrogen-bond acceptors (Lipinski definition) is 3. The van der Waals surface area contributed by atoms with Gasteiger partial charge in [-0.25, -0.2) is 4.39 Å². The third kappa shape index (κ3) is 2.18. The molecule has 4 heteroatoms. The summed E-state index contributed by atoms with van der Waals surface area (Å²) in [6.07, 6.45) is 1.73. The van der Waals surface area contributed by atoms with Crippen molar-refractivity contribution in [2.45, 2.75) is 6.54 Å².